The van der Waals surface area contributed by atoms with Gasteiger partial charge in [-0.05, 0) is 6.42 Å². The number of nitrogens with zero attached hydrogens (tertiary/aromatic N) is 3. The number of carbonyl (C=O) groups is 1. The Morgan fingerprint density at radius 1 is 1.50 bits per heavy atom. The van der Waals surface area contributed by atoms with Gasteiger partial charge >= 0.3 is 5.97 Å². The van der Waals surface area contributed by atoms with Crippen molar-refractivity contribution in [3.63, 3.8) is 0 Å². The van der Waals surface area contributed by atoms with Crippen LogP contribution in [0.2, 0.25) is 0 Å². The van der Waals surface area contributed by atoms with Gasteiger partial charge in [0.2, 0.25) is 5.13 Å². The van der Waals surface area contributed by atoms with Gasteiger partial charge < -0.3 is 10.0 Å². The first-order chi connectivity index (χ1) is 7.74. The maximum absolute atomic E-state index is 10.5. The molecule has 1 rings (SSSR count). The smallest absolute Gasteiger partial charge is 0.305 e. The van der Waals surface area contributed by atoms with Crippen LogP contribution in [0.3, 0.4) is 0 Å². The second kappa shape index (κ2) is 7.16. The molecular weight excluding hydrogens is 226 g/mol. The zero-order chi connectivity index (χ0) is 11.8. The van der Waals surface area contributed by atoms with Gasteiger partial charge in [-0.3, -0.25) is 4.79 Å². The van der Waals surface area contributed by atoms with E-state index < -0.39 is 5.97 Å². The summed E-state index contributed by atoms with van der Waals surface area (Å²) in [5.41, 5.74) is 1.67. The molecule has 0 fully saturated rings. The van der Waals surface area contributed by atoms with Crippen LogP contribution in [0.15, 0.2) is 5.51 Å². The molecule has 0 saturated heterocycles. The maximum Gasteiger partial charge on any atom is 0.305 e. The van der Waals surface area contributed by atoms with Gasteiger partial charge in [-0.2, -0.15) is 0 Å². The van der Waals surface area contributed by atoms with E-state index in [-0.39, 0.29) is 6.42 Å². The van der Waals surface area contributed by atoms with Crippen LogP contribution >= 0.6 is 11.3 Å². The summed E-state index contributed by atoms with van der Waals surface area (Å²) >= 11 is 1.45. The Hall–Kier alpha value is -1.17. The van der Waals surface area contributed by atoms with Crippen molar-refractivity contribution in [2.75, 3.05) is 18.0 Å². The number of unbranched alkanes of at least 4 members (excludes halogenated alkanes) is 2. The Bertz CT molecular complexity index is 303. The molecule has 0 atom stereocenters. The summed E-state index contributed by atoms with van der Waals surface area (Å²) in [4.78, 5) is 12.5. The highest BCUT2D eigenvalue weighted by molar-refractivity contribution is 7.13. The molecule has 0 aliphatic carbocycles. The molecule has 1 aromatic heterocycles. The number of hydrogen-bond donors (Lipinski definition) is 1. The molecule has 90 valence electrons. The number of hydrogen-bond acceptors (Lipinski definition) is 5. The predicted octanol–water partition coefficient (Wildman–Crippen LogP) is 2.01. The lowest BCUT2D eigenvalue weighted by molar-refractivity contribution is -0.136. The number of aromatic nitrogens is 2. The first-order valence-electron chi connectivity index (χ1n) is 5.47. The van der Waals surface area contributed by atoms with E-state index >= 15 is 0 Å². The normalized spacial score (nSPS) is 10.3. The topological polar surface area (TPSA) is 66.3 Å². The monoisotopic (exact) mass is 243 g/mol. The molecule has 0 bridgehead atoms. The minimum atomic E-state index is -0.773. The molecule has 0 aromatic carbocycles. The molecule has 5 nitrogen and oxygen atoms in total. The van der Waals surface area contributed by atoms with E-state index in [4.69, 9.17) is 5.11 Å². The number of carboxylic acid groups (broad SMARTS) is 1. The summed E-state index contributed by atoms with van der Waals surface area (Å²) < 4.78 is 0. The second-order valence-corrected chi connectivity index (χ2v) is 4.37. The van der Waals surface area contributed by atoms with Crippen LogP contribution in [0.1, 0.15) is 32.6 Å². The van der Waals surface area contributed by atoms with Crippen LogP contribution in [-0.2, 0) is 4.79 Å². The first kappa shape index (κ1) is 12.9. The SMILES string of the molecule is CCCCCN(CCC(=O)O)c1nncs1. The Morgan fingerprint density at radius 2 is 2.31 bits per heavy atom. The standard InChI is InChI=1S/C10H17N3O2S/c1-2-3-4-6-13(7-5-9(14)15)10-12-11-8-16-10/h8H,2-7H2,1H3,(H,14,15). The van der Waals surface area contributed by atoms with Gasteiger partial charge in [-0.15, -0.1) is 10.2 Å². The highest BCUT2D eigenvalue weighted by atomic mass is 32.1. The van der Waals surface area contributed by atoms with Crippen LogP contribution in [0.25, 0.3) is 0 Å². The maximum atomic E-state index is 10.5. The number of carboxylic acids is 1. The summed E-state index contributed by atoms with van der Waals surface area (Å²) in [6, 6.07) is 0. The largest absolute Gasteiger partial charge is 0.481 e. The third-order valence-electron chi connectivity index (χ3n) is 2.25. The number of anilines is 1. The van der Waals surface area contributed by atoms with E-state index in [0.29, 0.717) is 6.54 Å². The molecule has 1 aromatic rings. The summed E-state index contributed by atoms with van der Waals surface area (Å²) in [5.74, 6) is -0.773. The minimum Gasteiger partial charge on any atom is -0.481 e. The second-order valence-electron chi connectivity index (χ2n) is 3.56. The van der Waals surface area contributed by atoms with Crippen molar-refractivity contribution >= 4 is 22.4 Å². The van der Waals surface area contributed by atoms with Crippen molar-refractivity contribution in [1.29, 1.82) is 0 Å². The summed E-state index contributed by atoms with van der Waals surface area (Å²) in [6.07, 6.45) is 3.52. The molecule has 0 aliphatic heterocycles. The van der Waals surface area contributed by atoms with Crippen molar-refractivity contribution < 1.29 is 9.90 Å². The van der Waals surface area contributed by atoms with Crippen molar-refractivity contribution in [1.82, 2.24) is 10.2 Å². The third kappa shape index (κ3) is 4.57. The molecule has 6 heteroatoms. The molecule has 0 radical (unpaired) electrons. The highest BCUT2D eigenvalue weighted by Gasteiger charge is 2.10. The van der Waals surface area contributed by atoms with Gasteiger partial charge in [0.1, 0.15) is 5.51 Å². The van der Waals surface area contributed by atoms with E-state index in [9.17, 15) is 4.79 Å². The molecular formula is C10H17N3O2S. The van der Waals surface area contributed by atoms with Crippen LogP contribution in [-0.4, -0.2) is 34.4 Å². The molecule has 1 heterocycles. The van der Waals surface area contributed by atoms with E-state index in [1.165, 1.54) is 11.3 Å². The van der Waals surface area contributed by atoms with Crippen molar-refractivity contribution in [2.45, 2.75) is 32.6 Å². The predicted molar refractivity (Wildman–Crippen MR) is 63.9 cm³/mol. The van der Waals surface area contributed by atoms with E-state index in [0.717, 1.165) is 30.9 Å². The van der Waals surface area contributed by atoms with Gasteiger partial charge in [0, 0.05) is 13.1 Å². The summed E-state index contributed by atoms with van der Waals surface area (Å²) in [7, 11) is 0. The summed E-state index contributed by atoms with van der Waals surface area (Å²) in [6.45, 7) is 3.51. The average Bonchev–Trinajstić information content (AvgIpc) is 2.76. The van der Waals surface area contributed by atoms with Crippen LogP contribution in [0.4, 0.5) is 5.13 Å². The Labute approximate surface area is 99.1 Å². The minimum absolute atomic E-state index is 0.145. The fraction of sp³-hybridized carbons (Fsp3) is 0.700. The lowest BCUT2D eigenvalue weighted by atomic mass is 10.2. The Balaban J connectivity index is 2.45. The third-order valence-corrected chi connectivity index (χ3v) is 3.00. The quantitative estimate of drug-likeness (QED) is 0.707. The summed E-state index contributed by atoms with van der Waals surface area (Å²) in [5, 5.41) is 17.2. The zero-order valence-corrected chi connectivity index (χ0v) is 10.2. The van der Waals surface area contributed by atoms with Crippen LogP contribution < -0.4 is 4.90 Å². The average molecular weight is 243 g/mol. The number of rotatable bonds is 8. The van der Waals surface area contributed by atoms with Crippen molar-refractivity contribution in [3.8, 4) is 0 Å². The Kier molecular flexibility index (Phi) is 5.77. The molecule has 0 spiro atoms. The zero-order valence-electron chi connectivity index (χ0n) is 9.43. The molecule has 16 heavy (non-hydrogen) atoms. The van der Waals surface area contributed by atoms with Crippen molar-refractivity contribution in [3.05, 3.63) is 5.51 Å². The van der Waals surface area contributed by atoms with Gasteiger partial charge in [0.25, 0.3) is 0 Å². The van der Waals surface area contributed by atoms with Crippen LogP contribution in [0, 0.1) is 0 Å². The van der Waals surface area contributed by atoms with Gasteiger partial charge in [0.15, 0.2) is 0 Å². The van der Waals surface area contributed by atoms with E-state index in [1.54, 1.807) is 5.51 Å². The molecule has 1 N–H and O–H groups in total. The number of aliphatic carboxylic acids is 1. The fourth-order valence-electron chi connectivity index (χ4n) is 1.39. The molecule has 0 amide bonds. The molecule has 0 unspecified atom stereocenters. The van der Waals surface area contributed by atoms with Crippen molar-refractivity contribution in [2.24, 2.45) is 0 Å². The van der Waals surface area contributed by atoms with Gasteiger partial charge in [-0.25, -0.2) is 0 Å². The molecule has 0 saturated carbocycles. The fourth-order valence-corrected chi connectivity index (χ4v) is 2.01. The van der Waals surface area contributed by atoms with Crippen LogP contribution in [0.5, 0.6) is 0 Å². The highest BCUT2D eigenvalue weighted by Crippen LogP contribution is 2.16. The van der Waals surface area contributed by atoms with Gasteiger partial charge in [0.05, 0.1) is 6.42 Å². The molecule has 0 aliphatic rings. The van der Waals surface area contributed by atoms with E-state index in [1.807, 2.05) is 4.90 Å². The Morgan fingerprint density at radius 3 is 2.88 bits per heavy atom. The lowest BCUT2D eigenvalue weighted by Crippen LogP contribution is -2.27. The van der Waals surface area contributed by atoms with E-state index in [2.05, 4.69) is 17.1 Å². The lowest BCUT2D eigenvalue weighted by Gasteiger charge is -2.20. The first-order valence-corrected chi connectivity index (χ1v) is 6.35. The van der Waals surface area contributed by atoms with Gasteiger partial charge in [-0.1, -0.05) is 31.1 Å².